The van der Waals surface area contributed by atoms with Crippen molar-refractivity contribution < 1.29 is 32.2 Å². The normalized spacial score (nSPS) is 23.7. The van der Waals surface area contributed by atoms with Gasteiger partial charge in [0, 0.05) is 61.2 Å². The van der Waals surface area contributed by atoms with Crippen LogP contribution in [0.4, 0.5) is 4.39 Å². The van der Waals surface area contributed by atoms with E-state index in [4.69, 9.17) is 32.7 Å². The first-order chi connectivity index (χ1) is 22.2. The Labute approximate surface area is 284 Å². The van der Waals surface area contributed by atoms with Crippen molar-refractivity contribution in [2.24, 2.45) is 0 Å². The molecule has 0 spiro atoms. The van der Waals surface area contributed by atoms with Gasteiger partial charge in [-0.3, -0.25) is 14.6 Å². The highest BCUT2D eigenvalue weighted by molar-refractivity contribution is 7.90. The molecule has 0 aliphatic carbocycles. The van der Waals surface area contributed by atoms with Gasteiger partial charge in [0.15, 0.2) is 9.84 Å². The Morgan fingerprint density at radius 3 is 2.38 bits per heavy atom. The summed E-state index contributed by atoms with van der Waals surface area (Å²) in [7, 11) is -1.74. The fourth-order valence-corrected chi connectivity index (χ4v) is 8.07. The number of likely N-dealkylation sites (N-methyl/N-ethyl adjacent to an activating group) is 1. The molecule has 1 amide bonds. The number of β-amino-alcohol motifs (C(OH)–C–C–N with tert-alkyl or cyclic N) is 1. The van der Waals surface area contributed by atoms with E-state index in [-0.39, 0.29) is 51.9 Å². The molecule has 2 saturated heterocycles. The molecule has 0 radical (unpaired) electrons. The molecule has 2 fully saturated rings. The summed E-state index contributed by atoms with van der Waals surface area (Å²) in [5, 5.41) is 12.4. The number of carbonyl (C=O) groups excluding carboxylic acids is 1. The minimum absolute atomic E-state index is 0.0161. The van der Waals surface area contributed by atoms with Crippen LogP contribution in [-0.4, -0.2) is 99.5 Å². The summed E-state index contributed by atoms with van der Waals surface area (Å²) < 4.78 is 55.1. The van der Waals surface area contributed by atoms with Crippen LogP contribution >= 0.6 is 23.2 Å². The molecule has 252 valence electrons. The van der Waals surface area contributed by atoms with E-state index in [1.165, 1.54) is 23.1 Å². The molecule has 0 aromatic heterocycles. The van der Waals surface area contributed by atoms with Crippen LogP contribution in [-0.2, 0) is 37.2 Å². The fourth-order valence-electron chi connectivity index (χ4n) is 6.76. The molecule has 3 aliphatic rings. The van der Waals surface area contributed by atoms with Crippen molar-refractivity contribution in [3.05, 3.63) is 98.3 Å². The lowest BCUT2D eigenvalue weighted by atomic mass is 9.87. The summed E-state index contributed by atoms with van der Waals surface area (Å²) in [6.45, 7) is 5.43. The highest BCUT2D eigenvalue weighted by atomic mass is 35.5. The Morgan fingerprint density at radius 2 is 1.74 bits per heavy atom. The van der Waals surface area contributed by atoms with Gasteiger partial charge in [-0.15, -0.1) is 0 Å². The molecular weight excluding hydrogens is 668 g/mol. The lowest BCUT2D eigenvalue weighted by Gasteiger charge is -2.41. The summed E-state index contributed by atoms with van der Waals surface area (Å²) in [4.78, 5) is 20.3. The van der Waals surface area contributed by atoms with E-state index in [1.807, 2.05) is 7.05 Å². The number of rotatable bonds is 9. The Balaban J connectivity index is 1.53. The molecule has 3 atom stereocenters. The standard InChI is InChI=1S/C34H38Cl2FN3O6S/c1-33(42,21-39-13-11-38(2)12-14-39)24-16-28-31(29(37)17-24)34(46-27-10-15-45-20-27,23-5-8-25(35)9-6-23)40(32(28)41)19-22-4-7-26(36)18-30(22)47(3,43)44/h4-9,16-18,27,42H,10-15,19-21H2,1-3H3/t27-,33?,34+/m0/s1. The minimum Gasteiger partial charge on any atom is -0.384 e. The third-order valence-corrected chi connectivity index (χ3v) is 10.9. The van der Waals surface area contributed by atoms with Crippen LogP contribution in [0.5, 0.6) is 0 Å². The molecule has 3 aromatic rings. The summed E-state index contributed by atoms with van der Waals surface area (Å²) in [5.74, 6) is -1.32. The number of hydrogen-bond donors (Lipinski definition) is 1. The largest absolute Gasteiger partial charge is 0.384 e. The van der Waals surface area contributed by atoms with Crippen LogP contribution in [0.3, 0.4) is 0 Å². The van der Waals surface area contributed by atoms with Crippen LogP contribution < -0.4 is 0 Å². The van der Waals surface area contributed by atoms with E-state index in [2.05, 4.69) is 9.80 Å². The van der Waals surface area contributed by atoms with Gasteiger partial charge in [0.25, 0.3) is 5.91 Å². The molecule has 9 nitrogen and oxygen atoms in total. The number of benzene rings is 3. The van der Waals surface area contributed by atoms with Crippen molar-refractivity contribution in [3.8, 4) is 0 Å². The number of halogens is 3. The highest BCUT2D eigenvalue weighted by Crippen LogP contribution is 2.50. The second-order valence-electron chi connectivity index (χ2n) is 12.9. The summed E-state index contributed by atoms with van der Waals surface area (Å²) in [6, 6.07) is 13.8. The van der Waals surface area contributed by atoms with Gasteiger partial charge in [-0.05, 0) is 67.9 Å². The average Bonchev–Trinajstić information content (AvgIpc) is 3.60. The van der Waals surface area contributed by atoms with Crippen molar-refractivity contribution in [2.45, 2.75) is 42.2 Å². The molecule has 3 aromatic carbocycles. The zero-order chi connectivity index (χ0) is 33.7. The maximum absolute atomic E-state index is 16.9. The quantitative estimate of drug-likeness (QED) is 0.344. The molecule has 3 heterocycles. The van der Waals surface area contributed by atoms with E-state index < -0.39 is 39.0 Å². The van der Waals surface area contributed by atoms with Gasteiger partial charge in [0.2, 0.25) is 5.72 Å². The van der Waals surface area contributed by atoms with Crippen molar-refractivity contribution in [3.63, 3.8) is 0 Å². The molecule has 3 aliphatic heterocycles. The van der Waals surface area contributed by atoms with Crippen molar-refractivity contribution in [1.29, 1.82) is 0 Å². The maximum atomic E-state index is 16.9. The summed E-state index contributed by atoms with van der Waals surface area (Å²) in [5.41, 5.74) is -2.36. The summed E-state index contributed by atoms with van der Waals surface area (Å²) >= 11 is 12.5. The van der Waals surface area contributed by atoms with Crippen LogP contribution in [0.2, 0.25) is 10.0 Å². The number of aliphatic hydroxyl groups is 1. The van der Waals surface area contributed by atoms with E-state index in [9.17, 15) is 18.3 Å². The highest BCUT2D eigenvalue weighted by Gasteiger charge is 2.56. The van der Waals surface area contributed by atoms with E-state index in [1.54, 1.807) is 43.3 Å². The monoisotopic (exact) mass is 705 g/mol. The lowest BCUT2D eigenvalue weighted by molar-refractivity contribution is -0.148. The molecule has 1 N–H and O–H groups in total. The Morgan fingerprint density at radius 1 is 1.06 bits per heavy atom. The lowest BCUT2D eigenvalue weighted by Crippen LogP contribution is -2.49. The predicted molar refractivity (Wildman–Crippen MR) is 177 cm³/mol. The number of nitrogens with zero attached hydrogens (tertiary/aromatic N) is 3. The molecule has 6 rings (SSSR count). The Bertz CT molecular complexity index is 1780. The maximum Gasteiger partial charge on any atom is 0.257 e. The van der Waals surface area contributed by atoms with Crippen LogP contribution in [0.15, 0.2) is 59.5 Å². The zero-order valence-electron chi connectivity index (χ0n) is 26.5. The van der Waals surface area contributed by atoms with Gasteiger partial charge in [0.05, 0.1) is 40.9 Å². The van der Waals surface area contributed by atoms with Gasteiger partial charge >= 0.3 is 0 Å². The summed E-state index contributed by atoms with van der Waals surface area (Å²) in [6.07, 6.45) is 1.06. The van der Waals surface area contributed by atoms with Crippen LogP contribution in [0.1, 0.15) is 46.0 Å². The molecule has 0 saturated carbocycles. The molecule has 47 heavy (non-hydrogen) atoms. The average molecular weight is 707 g/mol. The fraction of sp³-hybridized carbons (Fsp3) is 0.441. The molecule has 1 unspecified atom stereocenters. The first-order valence-corrected chi connectivity index (χ1v) is 18.1. The Hall–Kier alpha value is -2.61. The predicted octanol–water partition coefficient (Wildman–Crippen LogP) is 4.65. The van der Waals surface area contributed by atoms with Gasteiger partial charge in [0.1, 0.15) is 5.82 Å². The third-order valence-electron chi connectivity index (χ3n) is 9.25. The molecule has 0 bridgehead atoms. The van der Waals surface area contributed by atoms with E-state index in [0.717, 1.165) is 32.4 Å². The number of ether oxygens (including phenoxy) is 2. The number of hydrogen-bond acceptors (Lipinski definition) is 8. The second-order valence-corrected chi connectivity index (χ2v) is 15.8. The van der Waals surface area contributed by atoms with E-state index in [0.29, 0.717) is 23.6 Å². The van der Waals surface area contributed by atoms with Crippen LogP contribution in [0.25, 0.3) is 0 Å². The third kappa shape index (κ3) is 6.69. The van der Waals surface area contributed by atoms with Crippen molar-refractivity contribution in [1.82, 2.24) is 14.7 Å². The number of fused-ring (bicyclic) bond motifs is 1. The Kier molecular flexibility index (Phi) is 9.49. The minimum atomic E-state index is -3.78. The first kappa shape index (κ1) is 34.3. The van der Waals surface area contributed by atoms with Gasteiger partial charge < -0.3 is 19.5 Å². The SMILES string of the molecule is CN1CCN(CC(C)(O)c2cc(F)c3c(c2)C(=O)N(Cc2ccc(Cl)cc2S(C)(=O)=O)[C@@]3(O[C@H]2CCOC2)c2ccc(Cl)cc2)CC1. The zero-order valence-corrected chi connectivity index (χ0v) is 28.8. The molecular formula is C34H38Cl2FN3O6S. The number of carbonyl (C=O) groups is 1. The topological polar surface area (TPSA) is 99.6 Å². The van der Waals surface area contributed by atoms with Crippen LogP contribution in [0, 0.1) is 5.82 Å². The number of sulfone groups is 1. The van der Waals surface area contributed by atoms with Gasteiger partial charge in [-0.2, -0.15) is 0 Å². The van der Waals surface area contributed by atoms with Crippen molar-refractivity contribution in [2.75, 3.05) is 59.2 Å². The second kappa shape index (κ2) is 13.0. The number of amides is 1. The first-order valence-electron chi connectivity index (χ1n) is 15.5. The molecule has 13 heteroatoms. The van der Waals surface area contributed by atoms with Gasteiger partial charge in [-0.25, -0.2) is 12.8 Å². The smallest absolute Gasteiger partial charge is 0.257 e. The van der Waals surface area contributed by atoms with Gasteiger partial charge in [-0.1, -0.05) is 41.4 Å². The van der Waals surface area contributed by atoms with Crippen molar-refractivity contribution >= 4 is 38.9 Å². The van der Waals surface area contributed by atoms with E-state index >= 15 is 4.39 Å². The number of piperazine rings is 1.